The highest BCUT2D eigenvalue weighted by atomic mass is 28.1. The van der Waals surface area contributed by atoms with Crippen LogP contribution >= 0.6 is 0 Å². The van der Waals surface area contributed by atoms with Gasteiger partial charge in [-0.1, -0.05) is 58.9 Å². The van der Waals surface area contributed by atoms with Gasteiger partial charge in [-0.25, -0.2) is 0 Å². The van der Waals surface area contributed by atoms with E-state index >= 15 is 0 Å². The molecule has 0 atom stereocenters. The third-order valence-corrected chi connectivity index (χ3v) is 3.91. The molecule has 0 fully saturated rings. The molecule has 0 saturated carbocycles. The second-order valence-corrected chi connectivity index (χ2v) is 6.58. The maximum absolute atomic E-state index is 5.93. The van der Waals surface area contributed by atoms with Crippen LogP contribution in [0.2, 0.25) is 6.04 Å². The van der Waals surface area contributed by atoms with E-state index < -0.39 is 5.97 Å². The molecule has 0 amide bonds. The Morgan fingerprint density at radius 3 is 1.48 bits per heavy atom. The summed E-state index contributed by atoms with van der Waals surface area (Å²) in [7, 11) is 3.53. The van der Waals surface area contributed by atoms with Gasteiger partial charge in [0.1, 0.15) is 0 Å². The van der Waals surface area contributed by atoms with Crippen molar-refractivity contribution in [1.82, 2.24) is 0 Å². The Labute approximate surface area is 158 Å². The molecule has 0 aliphatic rings. The molecule has 0 aliphatic heterocycles. The number of allylic oxidation sites excluding steroid dienone is 3. The van der Waals surface area contributed by atoms with Crippen molar-refractivity contribution < 1.29 is 14.2 Å². The molecule has 3 nitrogen and oxygen atoms in total. The van der Waals surface area contributed by atoms with E-state index in [-0.39, 0.29) is 0 Å². The average Bonchev–Trinajstić information content (AvgIpc) is 2.63. The molecule has 25 heavy (non-hydrogen) atoms. The Hall–Kier alpha value is -1.16. The van der Waals surface area contributed by atoms with Gasteiger partial charge < -0.3 is 14.2 Å². The van der Waals surface area contributed by atoms with Crippen molar-refractivity contribution in [2.45, 2.75) is 97.0 Å². The van der Waals surface area contributed by atoms with Gasteiger partial charge in [-0.05, 0) is 43.9 Å². The molecular formula is C21H37O3Si. The third-order valence-electron chi connectivity index (χ3n) is 3.56. The molecule has 0 aromatic rings. The summed E-state index contributed by atoms with van der Waals surface area (Å²) in [5, 5.41) is 0. The summed E-state index contributed by atoms with van der Waals surface area (Å²) in [5.41, 5.74) is 0. The zero-order valence-electron chi connectivity index (χ0n) is 16.5. The van der Waals surface area contributed by atoms with Gasteiger partial charge in [0.05, 0.1) is 25.2 Å². The second-order valence-electron chi connectivity index (χ2n) is 6.08. The fourth-order valence-corrected chi connectivity index (χ4v) is 2.31. The number of hydrogen-bond acceptors (Lipinski definition) is 3. The van der Waals surface area contributed by atoms with E-state index in [4.69, 9.17) is 14.2 Å². The Morgan fingerprint density at radius 1 is 0.680 bits per heavy atom. The van der Waals surface area contributed by atoms with Gasteiger partial charge in [0.2, 0.25) is 0 Å². The van der Waals surface area contributed by atoms with E-state index in [2.05, 4.69) is 31.0 Å². The Morgan fingerprint density at radius 2 is 1.12 bits per heavy atom. The summed E-state index contributed by atoms with van der Waals surface area (Å²) in [6, 6.07) is 1.01. The van der Waals surface area contributed by atoms with Crippen molar-refractivity contribution in [3.8, 4) is 0 Å². The standard InChI is InChI=1S/C21H37O3Si/c1-4-7-12-17-22-21(16-11-10-15-20-25,23-18-13-8-5-2)24-19-14-9-6-3/h12-14,17-19H,4-11,15-16,20H2,1-3H3. The molecule has 0 aromatic heterocycles. The van der Waals surface area contributed by atoms with Gasteiger partial charge in [-0.2, -0.15) is 0 Å². The predicted octanol–water partition coefficient (Wildman–Crippen LogP) is 6.78. The van der Waals surface area contributed by atoms with Crippen molar-refractivity contribution >= 4 is 10.2 Å². The Kier molecular flexibility index (Phi) is 16.8. The summed E-state index contributed by atoms with van der Waals surface area (Å²) in [4.78, 5) is 0. The van der Waals surface area contributed by atoms with Crippen molar-refractivity contribution in [2.75, 3.05) is 0 Å². The van der Waals surface area contributed by atoms with E-state index in [1.807, 2.05) is 18.2 Å². The quantitative estimate of drug-likeness (QED) is 0.123. The molecule has 0 bridgehead atoms. The molecule has 0 N–H and O–H groups in total. The minimum atomic E-state index is -1.08. The van der Waals surface area contributed by atoms with Gasteiger partial charge in [0.15, 0.2) is 0 Å². The fraction of sp³-hybridized carbons (Fsp3) is 0.714. The van der Waals surface area contributed by atoms with Gasteiger partial charge in [-0.3, -0.25) is 0 Å². The molecule has 3 radical (unpaired) electrons. The number of hydrogen-bond donors (Lipinski definition) is 0. The lowest BCUT2D eigenvalue weighted by molar-refractivity contribution is -0.321. The average molecular weight is 366 g/mol. The first-order valence-electron chi connectivity index (χ1n) is 9.87. The maximum Gasteiger partial charge on any atom is 0.415 e. The monoisotopic (exact) mass is 365 g/mol. The topological polar surface area (TPSA) is 27.7 Å². The van der Waals surface area contributed by atoms with Gasteiger partial charge in [0, 0.05) is 10.2 Å². The first kappa shape index (κ1) is 23.8. The summed E-state index contributed by atoms with van der Waals surface area (Å²) in [6.45, 7) is 6.43. The lowest BCUT2D eigenvalue weighted by Gasteiger charge is -2.30. The Balaban J connectivity index is 4.98. The molecule has 0 unspecified atom stereocenters. The largest absolute Gasteiger partial charge is 0.429 e. The van der Waals surface area contributed by atoms with Crippen LogP contribution in [-0.4, -0.2) is 16.2 Å². The zero-order valence-corrected chi connectivity index (χ0v) is 17.5. The van der Waals surface area contributed by atoms with Crippen LogP contribution in [0.3, 0.4) is 0 Å². The van der Waals surface area contributed by atoms with Crippen LogP contribution in [0.1, 0.15) is 85.0 Å². The van der Waals surface area contributed by atoms with Crippen LogP contribution in [-0.2, 0) is 14.2 Å². The lowest BCUT2D eigenvalue weighted by Crippen LogP contribution is -2.34. The summed E-state index contributed by atoms with van der Waals surface area (Å²) in [5.74, 6) is -1.08. The van der Waals surface area contributed by atoms with Gasteiger partial charge >= 0.3 is 5.97 Å². The van der Waals surface area contributed by atoms with E-state index in [0.717, 1.165) is 63.8 Å². The summed E-state index contributed by atoms with van der Waals surface area (Å²) in [6.07, 6.45) is 21.3. The summed E-state index contributed by atoms with van der Waals surface area (Å²) >= 11 is 0. The smallest absolute Gasteiger partial charge is 0.415 e. The van der Waals surface area contributed by atoms with Crippen LogP contribution in [0.25, 0.3) is 0 Å². The number of rotatable bonds is 17. The molecule has 0 spiro atoms. The third kappa shape index (κ3) is 13.8. The summed E-state index contributed by atoms with van der Waals surface area (Å²) < 4.78 is 17.8. The van der Waals surface area contributed by atoms with Crippen LogP contribution in [0.5, 0.6) is 0 Å². The fourth-order valence-electron chi connectivity index (χ4n) is 2.06. The van der Waals surface area contributed by atoms with Crippen molar-refractivity contribution in [3.05, 3.63) is 37.0 Å². The van der Waals surface area contributed by atoms with Crippen molar-refractivity contribution in [3.63, 3.8) is 0 Å². The maximum atomic E-state index is 5.93. The molecule has 0 saturated heterocycles. The lowest BCUT2D eigenvalue weighted by atomic mass is 10.2. The van der Waals surface area contributed by atoms with Crippen LogP contribution in [0.15, 0.2) is 37.0 Å². The van der Waals surface area contributed by atoms with Crippen LogP contribution in [0.4, 0.5) is 0 Å². The number of ether oxygens (including phenoxy) is 3. The molecule has 0 rings (SSSR count). The Bertz CT molecular complexity index is 319. The molecule has 4 heteroatoms. The first-order valence-corrected chi connectivity index (χ1v) is 10.6. The van der Waals surface area contributed by atoms with E-state index in [9.17, 15) is 0 Å². The predicted molar refractivity (Wildman–Crippen MR) is 107 cm³/mol. The van der Waals surface area contributed by atoms with E-state index in [1.54, 1.807) is 18.8 Å². The molecular weight excluding hydrogens is 328 g/mol. The normalized spacial score (nSPS) is 14.4. The molecule has 0 aromatic carbocycles. The van der Waals surface area contributed by atoms with Crippen molar-refractivity contribution in [1.29, 1.82) is 0 Å². The minimum Gasteiger partial charge on any atom is -0.429 e. The minimum absolute atomic E-state index is 0.683. The van der Waals surface area contributed by atoms with Crippen LogP contribution < -0.4 is 0 Å². The van der Waals surface area contributed by atoms with Crippen LogP contribution in [0, 0.1) is 0 Å². The molecule has 143 valence electrons. The first-order chi connectivity index (χ1) is 12.2. The van der Waals surface area contributed by atoms with Gasteiger partial charge in [-0.15, -0.1) is 0 Å². The SMILES string of the molecule is CCCC=COC(CCCCC[Si])(OC=CCCC)OC=CCCC. The highest BCUT2D eigenvalue weighted by molar-refractivity contribution is 6.08. The highest BCUT2D eigenvalue weighted by Gasteiger charge is 2.34. The molecule has 0 heterocycles. The van der Waals surface area contributed by atoms with Crippen molar-refractivity contribution in [2.24, 2.45) is 0 Å². The number of unbranched alkanes of at least 4 members (excludes halogenated alkanes) is 5. The van der Waals surface area contributed by atoms with Gasteiger partial charge in [0.25, 0.3) is 0 Å². The molecule has 0 aliphatic carbocycles. The second kappa shape index (κ2) is 17.7. The zero-order chi connectivity index (χ0) is 18.6. The highest BCUT2D eigenvalue weighted by Crippen LogP contribution is 2.25. The van der Waals surface area contributed by atoms with E-state index in [0.29, 0.717) is 6.42 Å². The van der Waals surface area contributed by atoms with E-state index in [1.165, 1.54) is 0 Å².